The van der Waals surface area contributed by atoms with E-state index in [-0.39, 0.29) is 13.2 Å². The molecular formula is C24H28O7. The number of ether oxygens (including phenoxy) is 5. The first-order valence-corrected chi connectivity index (χ1v) is 10.6. The highest BCUT2D eigenvalue weighted by Crippen LogP contribution is 2.53. The van der Waals surface area contributed by atoms with Gasteiger partial charge in [0.15, 0.2) is 17.7 Å². The van der Waals surface area contributed by atoms with Gasteiger partial charge < -0.3 is 33.9 Å². The van der Waals surface area contributed by atoms with Gasteiger partial charge in [-0.15, -0.1) is 0 Å². The summed E-state index contributed by atoms with van der Waals surface area (Å²) in [6.07, 6.45) is -5.44. The van der Waals surface area contributed by atoms with Gasteiger partial charge >= 0.3 is 0 Å². The highest BCUT2D eigenvalue weighted by atomic mass is 16.8. The number of fused-ring (bicyclic) bond motifs is 3. The number of benzene rings is 2. The van der Waals surface area contributed by atoms with E-state index < -0.39 is 48.2 Å². The van der Waals surface area contributed by atoms with Crippen molar-refractivity contribution in [2.75, 3.05) is 0 Å². The molecule has 1 aliphatic carbocycles. The maximum atomic E-state index is 11.2. The minimum atomic E-state index is -1.32. The van der Waals surface area contributed by atoms with Gasteiger partial charge in [0.1, 0.15) is 30.5 Å². The van der Waals surface area contributed by atoms with E-state index in [0.717, 1.165) is 11.1 Å². The lowest BCUT2D eigenvalue weighted by Gasteiger charge is -2.36. The second-order valence-electron chi connectivity index (χ2n) is 8.81. The Labute approximate surface area is 181 Å². The molecule has 2 saturated heterocycles. The van der Waals surface area contributed by atoms with E-state index in [1.165, 1.54) is 0 Å². The van der Waals surface area contributed by atoms with Gasteiger partial charge in [0.05, 0.1) is 13.2 Å². The Kier molecular flexibility index (Phi) is 5.38. The predicted molar refractivity (Wildman–Crippen MR) is 110 cm³/mol. The van der Waals surface area contributed by atoms with E-state index >= 15 is 0 Å². The normalized spacial score (nSPS) is 38.2. The molecule has 1 saturated carbocycles. The van der Waals surface area contributed by atoms with Crippen LogP contribution in [0.3, 0.4) is 0 Å². The zero-order valence-electron chi connectivity index (χ0n) is 17.6. The summed E-state index contributed by atoms with van der Waals surface area (Å²) in [7, 11) is 0. The molecule has 31 heavy (non-hydrogen) atoms. The first-order valence-electron chi connectivity index (χ1n) is 10.6. The van der Waals surface area contributed by atoms with Crippen molar-refractivity contribution >= 4 is 0 Å². The van der Waals surface area contributed by atoms with Gasteiger partial charge in [0.25, 0.3) is 0 Å². The molecule has 2 aromatic carbocycles. The van der Waals surface area contributed by atoms with Gasteiger partial charge in [-0.05, 0) is 25.0 Å². The third-order valence-corrected chi connectivity index (χ3v) is 6.27. The van der Waals surface area contributed by atoms with Crippen LogP contribution >= 0.6 is 0 Å². The van der Waals surface area contributed by atoms with Crippen molar-refractivity contribution in [2.24, 2.45) is 0 Å². The summed E-state index contributed by atoms with van der Waals surface area (Å²) in [6, 6.07) is 19.3. The smallest absolute Gasteiger partial charge is 0.190 e. The quantitative estimate of drug-likeness (QED) is 0.729. The van der Waals surface area contributed by atoms with Gasteiger partial charge in [-0.2, -0.15) is 0 Å². The first-order chi connectivity index (χ1) is 14.9. The molecule has 166 valence electrons. The summed E-state index contributed by atoms with van der Waals surface area (Å²) in [5, 5.41) is 22.1. The SMILES string of the molecule is CC1(C)O[C@H]2O[C@@H]3[C@H](OCc4ccccc4)[C@H](O)[C@H](O)[C@]3(OCc3ccccc3)[C@H]2O1. The zero-order valence-corrected chi connectivity index (χ0v) is 17.6. The molecule has 0 spiro atoms. The second kappa shape index (κ2) is 7.94. The Morgan fingerprint density at radius 1 is 0.839 bits per heavy atom. The fourth-order valence-electron chi connectivity index (χ4n) is 4.83. The van der Waals surface area contributed by atoms with Gasteiger partial charge in [0, 0.05) is 0 Å². The minimum absolute atomic E-state index is 0.225. The van der Waals surface area contributed by atoms with Crippen molar-refractivity contribution in [1.29, 1.82) is 0 Å². The Balaban J connectivity index is 1.43. The third-order valence-electron chi connectivity index (χ3n) is 6.27. The maximum Gasteiger partial charge on any atom is 0.190 e. The summed E-state index contributed by atoms with van der Waals surface area (Å²) >= 11 is 0. The van der Waals surface area contributed by atoms with Gasteiger partial charge in [-0.3, -0.25) is 0 Å². The predicted octanol–water partition coefficient (Wildman–Crippen LogP) is 2.14. The molecule has 0 amide bonds. The number of aliphatic hydroxyl groups is 2. The summed E-state index contributed by atoms with van der Waals surface area (Å²) in [5.41, 5.74) is 0.570. The molecule has 0 bridgehead atoms. The Morgan fingerprint density at radius 3 is 2.10 bits per heavy atom. The molecule has 3 fully saturated rings. The lowest BCUT2D eigenvalue weighted by Crippen LogP contribution is -2.57. The van der Waals surface area contributed by atoms with E-state index in [1.54, 1.807) is 13.8 Å². The van der Waals surface area contributed by atoms with Crippen molar-refractivity contribution in [3.63, 3.8) is 0 Å². The monoisotopic (exact) mass is 428 g/mol. The molecule has 7 heteroatoms. The van der Waals surface area contributed by atoms with Crippen LogP contribution in [0.5, 0.6) is 0 Å². The van der Waals surface area contributed by atoms with Crippen molar-refractivity contribution in [3.8, 4) is 0 Å². The van der Waals surface area contributed by atoms with Crippen LogP contribution < -0.4 is 0 Å². The molecule has 7 atom stereocenters. The van der Waals surface area contributed by atoms with Crippen LogP contribution in [0.15, 0.2) is 60.7 Å². The molecule has 3 aliphatic rings. The molecule has 0 unspecified atom stereocenters. The van der Waals surface area contributed by atoms with Gasteiger partial charge in [-0.1, -0.05) is 60.7 Å². The third kappa shape index (κ3) is 3.60. The Morgan fingerprint density at radius 2 is 1.45 bits per heavy atom. The number of hydrogen-bond donors (Lipinski definition) is 2. The number of hydrogen-bond acceptors (Lipinski definition) is 7. The van der Waals surface area contributed by atoms with Gasteiger partial charge in [0.2, 0.25) is 0 Å². The molecule has 2 heterocycles. The summed E-state index contributed by atoms with van der Waals surface area (Å²) in [6.45, 7) is 4.07. The van der Waals surface area contributed by atoms with Crippen molar-refractivity contribution in [1.82, 2.24) is 0 Å². The highest BCUT2D eigenvalue weighted by molar-refractivity contribution is 5.23. The van der Waals surface area contributed by atoms with Crippen LogP contribution in [0.2, 0.25) is 0 Å². The maximum absolute atomic E-state index is 11.2. The van der Waals surface area contributed by atoms with Crippen LogP contribution in [0.25, 0.3) is 0 Å². The first kappa shape index (κ1) is 21.0. The Hall–Kier alpha value is -1.84. The molecule has 0 aromatic heterocycles. The fraction of sp³-hybridized carbons (Fsp3) is 0.500. The summed E-state index contributed by atoms with van der Waals surface area (Å²) in [4.78, 5) is 0. The van der Waals surface area contributed by atoms with E-state index in [4.69, 9.17) is 23.7 Å². The fourth-order valence-corrected chi connectivity index (χ4v) is 4.83. The average Bonchev–Trinajstić information content (AvgIpc) is 3.30. The van der Waals surface area contributed by atoms with Crippen LogP contribution in [-0.4, -0.2) is 58.4 Å². The average molecular weight is 428 g/mol. The second-order valence-corrected chi connectivity index (χ2v) is 8.81. The van der Waals surface area contributed by atoms with Crippen molar-refractivity contribution in [3.05, 3.63) is 71.8 Å². The van der Waals surface area contributed by atoms with Crippen molar-refractivity contribution in [2.45, 2.75) is 75.3 Å². The molecule has 2 N–H and O–H groups in total. The standard InChI is InChI=1S/C24H28O7/c1-23(2)30-21-22(31-23)29-20-18(27-13-15-9-5-3-6-10-15)17(25)19(26)24(20,21)28-14-16-11-7-4-8-12-16/h3-12,17-22,25-26H,13-14H2,1-2H3/t17-,18+,19-,20+,21-,22+,24+/m0/s1. The van der Waals surface area contributed by atoms with Gasteiger partial charge in [-0.25, -0.2) is 0 Å². The molecule has 2 aliphatic heterocycles. The van der Waals surface area contributed by atoms with E-state index in [2.05, 4.69) is 0 Å². The largest absolute Gasteiger partial charge is 0.387 e. The number of aliphatic hydroxyl groups excluding tert-OH is 2. The lowest BCUT2D eigenvalue weighted by atomic mass is 9.91. The lowest BCUT2D eigenvalue weighted by molar-refractivity contribution is -0.252. The van der Waals surface area contributed by atoms with E-state index in [9.17, 15) is 10.2 Å². The highest BCUT2D eigenvalue weighted by Gasteiger charge is 2.75. The number of rotatable bonds is 6. The molecule has 5 rings (SSSR count). The summed E-state index contributed by atoms with van der Waals surface area (Å²) in [5.74, 6) is -0.892. The minimum Gasteiger partial charge on any atom is -0.387 e. The van der Waals surface area contributed by atoms with Crippen LogP contribution in [-0.2, 0) is 36.9 Å². The summed E-state index contributed by atoms with van der Waals surface area (Å²) < 4.78 is 30.6. The van der Waals surface area contributed by atoms with E-state index in [1.807, 2.05) is 60.7 Å². The Bertz CT molecular complexity index is 889. The zero-order chi connectivity index (χ0) is 21.6. The molecule has 2 aromatic rings. The van der Waals surface area contributed by atoms with Crippen LogP contribution in [0.1, 0.15) is 25.0 Å². The van der Waals surface area contributed by atoms with Crippen molar-refractivity contribution < 1.29 is 33.9 Å². The van der Waals surface area contributed by atoms with E-state index in [0.29, 0.717) is 0 Å². The topological polar surface area (TPSA) is 86.6 Å². The molecule has 7 nitrogen and oxygen atoms in total. The van der Waals surface area contributed by atoms with Crippen LogP contribution in [0, 0.1) is 0 Å². The van der Waals surface area contributed by atoms with Crippen LogP contribution in [0.4, 0.5) is 0 Å². The molecular weight excluding hydrogens is 400 g/mol. The molecule has 0 radical (unpaired) electrons.